The van der Waals surface area contributed by atoms with Crippen LogP contribution in [0.5, 0.6) is 0 Å². The monoisotopic (exact) mass is 255 g/mol. The van der Waals surface area contributed by atoms with Crippen molar-refractivity contribution in [1.82, 2.24) is 14.8 Å². The van der Waals surface area contributed by atoms with Crippen molar-refractivity contribution < 1.29 is 14.7 Å². The number of fused-ring (bicyclic) bond motifs is 3. The number of pyridine rings is 1. The van der Waals surface area contributed by atoms with Crippen molar-refractivity contribution in [3.05, 3.63) is 41.9 Å². The predicted molar refractivity (Wildman–Crippen MR) is 66.8 cm³/mol. The number of hydrogen-bond acceptors (Lipinski definition) is 4. The van der Waals surface area contributed by atoms with E-state index in [0.717, 1.165) is 5.56 Å². The molecule has 1 aliphatic rings. The number of aromatic nitrogens is 3. The third-order valence-electron chi connectivity index (χ3n) is 3.04. The van der Waals surface area contributed by atoms with Gasteiger partial charge in [-0.3, -0.25) is 9.78 Å². The van der Waals surface area contributed by atoms with Gasteiger partial charge in [0.2, 0.25) is 0 Å². The summed E-state index contributed by atoms with van der Waals surface area (Å²) in [5, 5.41) is 13.0. The molecule has 0 saturated heterocycles. The first kappa shape index (κ1) is 11.3. The summed E-state index contributed by atoms with van der Waals surface area (Å²) in [6.07, 6.45) is 3.07. The van der Waals surface area contributed by atoms with Crippen molar-refractivity contribution in [1.29, 1.82) is 0 Å². The molecule has 0 unspecified atom stereocenters. The largest absolute Gasteiger partial charge is 0.476 e. The Morgan fingerprint density at radius 3 is 3.00 bits per heavy atom. The highest BCUT2D eigenvalue weighted by molar-refractivity contribution is 6.12. The molecular weight excluding hydrogens is 246 g/mol. The first-order valence-corrected chi connectivity index (χ1v) is 5.59. The first-order chi connectivity index (χ1) is 9.13. The van der Waals surface area contributed by atoms with Crippen molar-refractivity contribution in [2.24, 2.45) is 0 Å². The summed E-state index contributed by atoms with van der Waals surface area (Å²) in [7, 11) is 0. The molecule has 0 spiro atoms. The van der Waals surface area contributed by atoms with E-state index < -0.39 is 5.97 Å². The molecule has 2 heterocycles. The Kier molecular flexibility index (Phi) is 2.31. The number of Topliss-reactive ketones (excluding diaryl/α,β-unsaturated/α-hetero) is 1. The summed E-state index contributed by atoms with van der Waals surface area (Å²) in [5.41, 5.74) is 1.69. The van der Waals surface area contributed by atoms with Gasteiger partial charge in [-0.1, -0.05) is 6.58 Å². The normalized spacial score (nSPS) is 12.7. The van der Waals surface area contributed by atoms with Gasteiger partial charge in [0, 0.05) is 18.0 Å². The van der Waals surface area contributed by atoms with E-state index in [2.05, 4.69) is 16.7 Å². The third-order valence-corrected chi connectivity index (χ3v) is 3.04. The van der Waals surface area contributed by atoms with Crippen LogP contribution in [0.25, 0.3) is 17.5 Å². The minimum Gasteiger partial charge on any atom is -0.476 e. The maximum Gasteiger partial charge on any atom is 0.357 e. The molecule has 0 radical (unpaired) electrons. The third kappa shape index (κ3) is 1.50. The number of aromatic carboxylic acids is 1. The summed E-state index contributed by atoms with van der Waals surface area (Å²) in [6.45, 7) is 3.59. The zero-order valence-electron chi connectivity index (χ0n) is 9.83. The van der Waals surface area contributed by atoms with Crippen LogP contribution < -0.4 is 0 Å². The van der Waals surface area contributed by atoms with Gasteiger partial charge < -0.3 is 5.11 Å². The summed E-state index contributed by atoms with van der Waals surface area (Å²) in [6, 6.07) is 3.53. The van der Waals surface area contributed by atoms with E-state index >= 15 is 0 Å². The molecule has 0 bridgehead atoms. The second-order valence-corrected chi connectivity index (χ2v) is 4.10. The van der Waals surface area contributed by atoms with Crippen LogP contribution >= 0.6 is 0 Å². The van der Waals surface area contributed by atoms with Crippen LogP contribution in [0.1, 0.15) is 26.5 Å². The highest BCUT2D eigenvalue weighted by atomic mass is 16.4. The molecule has 2 aromatic heterocycles. The van der Waals surface area contributed by atoms with Gasteiger partial charge in [0.1, 0.15) is 0 Å². The minimum atomic E-state index is -1.22. The lowest BCUT2D eigenvalue weighted by Crippen LogP contribution is -2.16. The lowest BCUT2D eigenvalue weighted by molar-refractivity contribution is 0.0685. The molecule has 6 heteroatoms. The number of carboxylic acids is 1. The van der Waals surface area contributed by atoms with Crippen LogP contribution in [0.3, 0.4) is 0 Å². The average Bonchev–Trinajstić information content (AvgIpc) is 2.79. The molecule has 19 heavy (non-hydrogen) atoms. The molecule has 1 aliphatic carbocycles. The van der Waals surface area contributed by atoms with Gasteiger partial charge in [-0.15, -0.1) is 0 Å². The van der Waals surface area contributed by atoms with Crippen LogP contribution in [0.15, 0.2) is 24.9 Å². The highest BCUT2D eigenvalue weighted by Gasteiger charge is 2.33. The van der Waals surface area contributed by atoms with Crippen molar-refractivity contribution in [2.75, 3.05) is 0 Å². The zero-order valence-corrected chi connectivity index (χ0v) is 9.83. The fourth-order valence-corrected chi connectivity index (χ4v) is 2.27. The van der Waals surface area contributed by atoms with Gasteiger partial charge in [-0.2, -0.15) is 5.10 Å². The van der Waals surface area contributed by atoms with Gasteiger partial charge in [0.05, 0.1) is 23.4 Å². The van der Waals surface area contributed by atoms with Gasteiger partial charge in [0.15, 0.2) is 11.5 Å². The van der Waals surface area contributed by atoms with E-state index in [4.69, 9.17) is 5.11 Å². The van der Waals surface area contributed by atoms with Crippen LogP contribution in [-0.2, 0) is 6.42 Å². The number of carbonyl (C=O) groups is 2. The minimum absolute atomic E-state index is 0.0896. The molecule has 0 aliphatic heterocycles. The highest BCUT2D eigenvalue weighted by Crippen LogP contribution is 2.34. The lowest BCUT2D eigenvalue weighted by Gasteiger charge is -2.15. The van der Waals surface area contributed by atoms with Crippen LogP contribution in [0.2, 0.25) is 0 Å². The molecular formula is C13H9N3O3. The number of rotatable bonds is 2. The summed E-state index contributed by atoms with van der Waals surface area (Å²) >= 11 is 0. The zero-order chi connectivity index (χ0) is 13.6. The summed E-state index contributed by atoms with van der Waals surface area (Å²) in [4.78, 5) is 27.4. The van der Waals surface area contributed by atoms with E-state index in [1.54, 1.807) is 18.3 Å². The van der Waals surface area contributed by atoms with Crippen LogP contribution in [0.4, 0.5) is 0 Å². The topological polar surface area (TPSA) is 85.1 Å². The maximum atomic E-state index is 12.1. The van der Waals surface area contributed by atoms with E-state index in [-0.39, 0.29) is 23.5 Å². The number of nitrogens with zero attached hydrogens (tertiary/aromatic N) is 3. The average molecular weight is 255 g/mol. The quantitative estimate of drug-likeness (QED) is 0.878. The van der Waals surface area contributed by atoms with Crippen molar-refractivity contribution >= 4 is 18.0 Å². The van der Waals surface area contributed by atoms with E-state index in [1.165, 1.54) is 10.9 Å². The Balaban J connectivity index is 2.41. The van der Waals surface area contributed by atoms with Gasteiger partial charge >= 0.3 is 5.97 Å². The van der Waals surface area contributed by atoms with E-state index in [1.807, 2.05) is 0 Å². The second kappa shape index (κ2) is 3.88. The van der Waals surface area contributed by atoms with Crippen molar-refractivity contribution in [2.45, 2.75) is 6.42 Å². The molecule has 2 aromatic rings. The van der Waals surface area contributed by atoms with Crippen LogP contribution in [0, 0.1) is 0 Å². The number of carbonyl (C=O) groups excluding carboxylic acids is 1. The Morgan fingerprint density at radius 2 is 2.32 bits per heavy atom. The molecule has 1 N–H and O–H groups in total. The Bertz CT molecular complexity index is 731. The van der Waals surface area contributed by atoms with Crippen molar-refractivity contribution in [3.8, 4) is 11.3 Å². The second-order valence-electron chi connectivity index (χ2n) is 4.10. The predicted octanol–water partition coefficient (Wildman–Crippen LogP) is 1.48. The van der Waals surface area contributed by atoms with Gasteiger partial charge in [0.25, 0.3) is 0 Å². The Labute approximate surface area is 108 Å². The Hall–Kier alpha value is -2.76. The summed E-state index contributed by atoms with van der Waals surface area (Å²) in [5.74, 6) is -1.51. The molecule has 0 saturated carbocycles. The smallest absolute Gasteiger partial charge is 0.357 e. The summed E-state index contributed by atoms with van der Waals surface area (Å²) < 4.78 is 1.32. The number of ketones is 1. The molecule has 0 fully saturated rings. The van der Waals surface area contributed by atoms with E-state index in [9.17, 15) is 9.59 Å². The molecule has 0 amide bonds. The van der Waals surface area contributed by atoms with Gasteiger partial charge in [-0.25, -0.2) is 9.48 Å². The van der Waals surface area contributed by atoms with Crippen LogP contribution in [-0.4, -0.2) is 31.6 Å². The molecule has 0 aromatic carbocycles. The fraction of sp³-hybridized carbons (Fsp3) is 0.0769. The first-order valence-electron chi connectivity index (χ1n) is 5.59. The van der Waals surface area contributed by atoms with Gasteiger partial charge in [-0.05, 0) is 12.1 Å². The van der Waals surface area contributed by atoms with E-state index in [0.29, 0.717) is 11.4 Å². The molecule has 6 nitrogen and oxygen atoms in total. The van der Waals surface area contributed by atoms with Crippen molar-refractivity contribution in [3.63, 3.8) is 0 Å². The fourth-order valence-electron chi connectivity index (χ4n) is 2.27. The number of carboxylic acid groups (broad SMARTS) is 1. The lowest BCUT2D eigenvalue weighted by atomic mass is 9.91. The Morgan fingerprint density at radius 1 is 1.53 bits per heavy atom. The SMILES string of the molecule is C=Cn1nc(C(=O)O)c2c1-c1cccnc1CC2=O. The molecule has 0 atom stereocenters. The number of hydrogen-bond donors (Lipinski definition) is 1. The standard InChI is InChI=1S/C13H9N3O3/c1-2-16-12-7-4-3-5-14-8(7)6-9(17)10(12)11(15-16)13(18)19/h2-5H,1,6H2,(H,18,19). The molecule has 3 rings (SSSR count). The molecule has 94 valence electrons. The maximum absolute atomic E-state index is 12.1.